The fraction of sp³-hybridized carbons (Fsp3) is 0.895. The Labute approximate surface area is 156 Å². The van der Waals surface area contributed by atoms with Crippen LogP contribution in [-0.4, -0.2) is 79.4 Å². The van der Waals surface area contributed by atoms with E-state index in [4.69, 9.17) is 9.47 Å². The van der Waals surface area contributed by atoms with Crippen molar-refractivity contribution < 1.29 is 19.1 Å². The third kappa shape index (κ3) is 4.88. The van der Waals surface area contributed by atoms with Gasteiger partial charge in [0.1, 0.15) is 5.60 Å². The molecule has 0 saturated carbocycles. The van der Waals surface area contributed by atoms with E-state index >= 15 is 0 Å². The molecule has 3 aliphatic heterocycles. The van der Waals surface area contributed by atoms with Gasteiger partial charge in [0.2, 0.25) is 5.91 Å². The van der Waals surface area contributed by atoms with Gasteiger partial charge in [-0.25, -0.2) is 4.79 Å². The fourth-order valence-corrected chi connectivity index (χ4v) is 4.09. The Bertz CT molecular complexity index is 485. The van der Waals surface area contributed by atoms with E-state index in [0.29, 0.717) is 32.7 Å². The summed E-state index contributed by atoms with van der Waals surface area (Å²) in [5, 5.41) is 3.26. The van der Waals surface area contributed by atoms with Crippen molar-refractivity contribution in [2.24, 2.45) is 0 Å². The molecule has 2 amide bonds. The number of amides is 2. The molecule has 0 radical (unpaired) electrons. The number of piperidine rings is 1. The molecule has 0 aromatic rings. The van der Waals surface area contributed by atoms with Crippen LogP contribution < -0.4 is 5.32 Å². The Morgan fingerprint density at radius 1 is 1.27 bits per heavy atom. The van der Waals surface area contributed by atoms with Crippen LogP contribution in [0.1, 0.15) is 51.9 Å². The molecule has 1 atom stereocenters. The fourth-order valence-electron chi connectivity index (χ4n) is 4.09. The van der Waals surface area contributed by atoms with Crippen molar-refractivity contribution in [3.8, 4) is 0 Å². The molecule has 3 heterocycles. The largest absolute Gasteiger partial charge is 0.441 e. The SMILES string of the molecule is CCCCCCN1CC2(CCN(C(=O)C[C@@H]3CNCCO3)CC2)OC1=O. The van der Waals surface area contributed by atoms with Crippen molar-refractivity contribution in [3.63, 3.8) is 0 Å². The lowest BCUT2D eigenvalue weighted by molar-refractivity contribution is -0.138. The topological polar surface area (TPSA) is 71.1 Å². The van der Waals surface area contributed by atoms with Gasteiger partial charge in [0.15, 0.2) is 0 Å². The maximum absolute atomic E-state index is 12.5. The Kier molecular flexibility index (Phi) is 6.75. The minimum Gasteiger partial charge on any atom is -0.441 e. The molecule has 0 unspecified atom stereocenters. The average molecular weight is 367 g/mol. The number of likely N-dealkylation sites (tertiary alicyclic amines) is 1. The summed E-state index contributed by atoms with van der Waals surface area (Å²) < 4.78 is 11.4. The quantitative estimate of drug-likeness (QED) is 0.694. The smallest absolute Gasteiger partial charge is 0.410 e. The van der Waals surface area contributed by atoms with E-state index < -0.39 is 0 Å². The molecule has 0 aromatic carbocycles. The molecule has 1 N–H and O–H groups in total. The summed E-state index contributed by atoms with van der Waals surface area (Å²) in [5.41, 5.74) is -0.387. The molecule has 0 aliphatic carbocycles. The number of unbranched alkanes of at least 4 members (excludes halogenated alkanes) is 3. The molecule has 0 bridgehead atoms. The van der Waals surface area contributed by atoms with Crippen molar-refractivity contribution >= 4 is 12.0 Å². The molecule has 7 nitrogen and oxygen atoms in total. The molecule has 1 spiro atoms. The van der Waals surface area contributed by atoms with Gasteiger partial charge < -0.3 is 24.6 Å². The maximum Gasteiger partial charge on any atom is 0.410 e. The number of hydrogen-bond acceptors (Lipinski definition) is 5. The first-order valence-corrected chi connectivity index (χ1v) is 10.2. The second kappa shape index (κ2) is 9.04. The molecule has 26 heavy (non-hydrogen) atoms. The standard InChI is InChI=1S/C19H33N3O4/c1-2-3-4-5-9-22-15-19(26-18(22)24)6-10-21(11-7-19)17(23)13-16-14-20-8-12-25-16/h16,20H,2-15H2,1H3/t16-/m1/s1. The number of rotatable bonds is 7. The van der Waals surface area contributed by atoms with Crippen molar-refractivity contribution in [2.75, 3.05) is 45.9 Å². The number of morpholine rings is 1. The third-order valence-electron chi connectivity index (χ3n) is 5.76. The summed E-state index contributed by atoms with van der Waals surface area (Å²) in [4.78, 5) is 28.4. The van der Waals surface area contributed by atoms with Gasteiger partial charge >= 0.3 is 6.09 Å². The summed E-state index contributed by atoms with van der Waals surface area (Å²) >= 11 is 0. The van der Waals surface area contributed by atoms with E-state index in [1.54, 1.807) is 0 Å². The molecule has 3 rings (SSSR count). The molecule has 7 heteroatoms. The average Bonchev–Trinajstić information content (AvgIpc) is 2.95. The summed E-state index contributed by atoms with van der Waals surface area (Å²) in [6, 6.07) is 0. The normalized spacial score (nSPS) is 25.6. The summed E-state index contributed by atoms with van der Waals surface area (Å²) in [5.74, 6) is 0.147. The van der Waals surface area contributed by atoms with Gasteiger partial charge in [-0.05, 0) is 6.42 Å². The molecule has 3 aliphatic rings. The number of nitrogens with one attached hydrogen (secondary N) is 1. The van der Waals surface area contributed by atoms with E-state index in [1.807, 2.05) is 9.80 Å². The highest BCUT2D eigenvalue weighted by Crippen LogP contribution is 2.33. The van der Waals surface area contributed by atoms with Gasteiger partial charge in [0.05, 0.1) is 25.7 Å². The molecular formula is C19H33N3O4. The predicted molar refractivity (Wildman–Crippen MR) is 98.0 cm³/mol. The molecule has 3 saturated heterocycles. The van der Waals surface area contributed by atoms with E-state index in [9.17, 15) is 9.59 Å². The number of hydrogen-bond donors (Lipinski definition) is 1. The minimum atomic E-state index is -0.387. The van der Waals surface area contributed by atoms with Crippen LogP contribution in [0.3, 0.4) is 0 Å². The highest BCUT2D eigenvalue weighted by Gasteiger charge is 2.47. The van der Waals surface area contributed by atoms with E-state index in [0.717, 1.165) is 45.3 Å². The third-order valence-corrected chi connectivity index (χ3v) is 5.76. The first-order chi connectivity index (χ1) is 12.6. The lowest BCUT2D eigenvalue weighted by Gasteiger charge is -2.38. The highest BCUT2D eigenvalue weighted by atomic mass is 16.6. The first kappa shape index (κ1) is 19.4. The predicted octanol–water partition coefficient (Wildman–Crippen LogP) is 1.76. The lowest BCUT2D eigenvalue weighted by Crippen LogP contribution is -2.50. The van der Waals surface area contributed by atoms with Crippen LogP contribution in [0.5, 0.6) is 0 Å². The Morgan fingerprint density at radius 2 is 2.08 bits per heavy atom. The van der Waals surface area contributed by atoms with Gasteiger partial charge in [-0.15, -0.1) is 0 Å². The highest BCUT2D eigenvalue weighted by molar-refractivity contribution is 5.77. The van der Waals surface area contributed by atoms with Crippen LogP contribution in [0, 0.1) is 0 Å². The van der Waals surface area contributed by atoms with Crippen LogP contribution in [0.15, 0.2) is 0 Å². The first-order valence-electron chi connectivity index (χ1n) is 10.2. The van der Waals surface area contributed by atoms with Gasteiger partial charge in [-0.3, -0.25) is 4.79 Å². The van der Waals surface area contributed by atoms with E-state index in [1.165, 1.54) is 12.8 Å². The Hall–Kier alpha value is -1.34. The summed E-state index contributed by atoms with van der Waals surface area (Å²) in [6.07, 6.45) is 6.32. The molecular weight excluding hydrogens is 334 g/mol. The van der Waals surface area contributed by atoms with Crippen LogP contribution in [-0.2, 0) is 14.3 Å². The number of ether oxygens (including phenoxy) is 2. The van der Waals surface area contributed by atoms with E-state index in [2.05, 4.69) is 12.2 Å². The zero-order valence-electron chi connectivity index (χ0n) is 16.0. The van der Waals surface area contributed by atoms with Gasteiger partial charge in [0.25, 0.3) is 0 Å². The van der Waals surface area contributed by atoms with Crippen LogP contribution in [0.4, 0.5) is 4.79 Å². The van der Waals surface area contributed by atoms with Crippen LogP contribution >= 0.6 is 0 Å². The van der Waals surface area contributed by atoms with E-state index in [-0.39, 0.29) is 23.7 Å². The van der Waals surface area contributed by atoms with Gasteiger partial charge in [-0.2, -0.15) is 0 Å². The van der Waals surface area contributed by atoms with Crippen molar-refractivity contribution in [1.29, 1.82) is 0 Å². The second-order valence-corrected chi connectivity index (χ2v) is 7.82. The number of nitrogens with zero attached hydrogens (tertiary/aromatic N) is 2. The van der Waals surface area contributed by atoms with Crippen LogP contribution in [0.2, 0.25) is 0 Å². The second-order valence-electron chi connectivity index (χ2n) is 7.82. The molecule has 0 aromatic heterocycles. The summed E-state index contributed by atoms with van der Waals surface area (Å²) in [6.45, 7) is 7.25. The molecule has 148 valence electrons. The van der Waals surface area contributed by atoms with Gasteiger partial charge in [0, 0.05) is 45.6 Å². The summed E-state index contributed by atoms with van der Waals surface area (Å²) in [7, 11) is 0. The number of carbonyl (C=O) groups excluding carboxylic acids is 2. The van der Waals surface area contributed by atoms with Gasteiger partial charge in [-0.1, -0.05) is 26.2 Å². The zero-order chi connectivity index (χ0) is 18.4. The Morgan fingerprint density at radius 3 is 2.77 bits per heavy atom. The minimum absolute atomic E-state index is 0.0185. The lowest BCUT2D eigenvalue weighted by atomic mass is 9.91. The van der Waals surface area contributed by atoms with Crippen molar-refractivity contribution in [2.45, 2.75) is 63.6 Å². The molecule has 3 fully saturated rings. The van der Waals surface area contributed by atoms with Crippen molar-refractivity contribution in [1.82, 2.24) is 15.1 Å². The Balaban J connectivity index is 1.42. The van der Waals surface area contributed by atoms with Crippen LogP contribution in [0.25, 0.3) is 0 Å². The number of carbonyl (C=O) groups is 2. The monoisotopic (exact) mass is 367 g/mol. The zero-order valence-corrected chi connectivity index (χ0v) is 16.0. The maximum atomic E-state index is 12.5. The van der Waals surface area contributed by atoms with Crippen molar-refractivity contribution in [3.05, 3.63) is 0 Å².